The van der Waals surface area contributed by atoms with Crippen molar-refractivity contribution in [2.24, 2.45) is 0 Å². The van der Waals surface area contributed by atoms with E-state index >= 15 is 0 Å². The molecule has 0 radical (unpaired) electrons. The van der Waals surface area contributed by atoms with Crippen LogP contribution < -0.4 is 10.2 Å². The number of carbonyl (C=O) groups is 1. The molecule has 9 nitrogen and oxygen atoms in total. The van der Waals surface area contributed by atoms with E-state index in [1.165, 1.54) is 0 Å². The van der Waals surface area contributed by atoms with Crippen LogP contribution in [-0.2, 0) is 9.53 Å². The Morgan fingerprint density at radius 1 is 1.11 bits per heavy atom. The standard InChI is InChI=1S/C28H29N5O4/c1-18-5-7-25(19(2)13-18)30-28(34)23(17-29)15-22-14-20(3)32(21(22)4)24-6-8-26(27(16-24)33(35)36)31-9-11-37-12-10-31/h5-8,13-16H,9-12H2,1-4H3,(H,30,34)/b23-15-. The molecule has 1 N–H and O–H groups in total. The number of nitriles is 1. The summed E-state index contributed by atoms with van der Waals surface area (Å²) in [7, 11) is 0. The monoisotopic (exact) mass is 499 g/mol. The largest absolute Gasteiger partial charge is 0.378 e. The number of nitrogens with zero attached hydrogens (tertiary/aromatic N) is 4. The first-order chi connectivity index (χ1) is 17.7. The number of hydrogen-bond acceptors (Lipinski definition) is 6. The second-order valence-corrected chi connectivity index (χ2v) is 9.13. The molecule has 2 heterocycles. The molecule has 0 aliphatic carbocycles. The van der Waals surface area contributed by atoms with Gasteiger partial charge >= 0.3 is 0 Å². The van der Waals surface area contributed by atoms with E-state index in [0.717, 1.165) is 22.5 Å². The molecule has 4 rings (SSSR count). The zero-order chi connectivity index (χ0) is 26.7. The second-order valence-electron chi connectivity index (χ2n) is 9.13. The van der Waals surface area contributed by atoms with Crippen LogP contribution in [0.2, 0.25) is 0 Å². The molecule has 9 heteroatoms. The molecule has 0 atom stereocenters. The van der Waals surface area contributed by atoms with E-state index in [1.807, 2.05) is 73.6 Å². The van der Waals surface area contributed by atoms with Crippen LogP contribution in [0.15, 0.2) is 48.0 Å². The van der Waals surface area contributed by atoms with Gasteiger partial charge in [-0.15, -0.1) is 0 Å². The first-order valence-corrected chi connectivity index (χ1v) is 12.0. The van der Waals surface area contributed by atoms with Crippen molar-refractivity contribution in [3.05, 3.63) is 86.2 Å². The van der Waals surface area contributed by atoms with Crippen LogP contribution in [0.4, 0.5) is 17.1 Å². The van der Waals surface area contributed by atoms with Gasteiger partial charge in [-0.1, -0.05) is 17.7 Å². The number of nitro benzene ring substituents is 1. The fourth-order valence-corrected chi connectivity index (χ4v) is 4.65. The van der Waals surface area contributed by atoms with Crippen LogP contribution in [0.3, 0.4) is 0 Å². The quantitative estimate of drug-likeness (QED) is 0.221. The lowest BCUT2D eigenvalue weighted by Crippen LogP contribution is -2.36. The highest BCUT2D eigenvalue weighted by Gasteiger charge is 2.23. The third-order valence-electron chi connectivity index (χ3n) is 6.53. The summed E-state index contributed by atoms with van der Waals surface area (Å²) in [6.45, 7) is 9.86. The smallest absolute Gasteiger partial charge is 0.294 e. The number of nitro groups is 1. The molecule has 2 aromatic carbocycles. The summed E-state index contributed by atoms with van der Waals surface area (Å²) in [6.07, 6.45) is 1.55. The number of benzene rings is 2. The van der Waals surface area contributed by atoms with Gasteiger partial charge in [0, 0.05) is 36.2 Å². The summed E-state index contributed by atoms with van der Waals surface area (Å²) in [4.78, 5) is 26.4. The van der Waals surface area contributed by atoms with Gasteiger partial charge in [-0.3, -0.25) is 14.9 Å². The van der Waals surface area contributed by atoms with Crippen molar-refractivity contribution in [3.63, 3.8) is 0 Å². The van der Waals surface area contributed by atoms with Crippen molar-refractivity contribution < 1.29 is 14.5 Å². The molecule has 0 spiro atoms. The number of amides is 1. The van der Waals surface area contributed by atoms with Gasteiger partial charge in [0.15, 0.2) is 0 Å². The van der Waals surface area contributed by atoms with E-state index in [4.69, 9.17) is 4.74 Å². The van der Waals surface area contributed by atoms with Gasteiger partial charge in [-0.05, 0) is 69.2 Å². The van der Waals surface area contributed by atoms with Crippen LogP contribution in [-0.4, -0.2) is 41.7 Å². The summed E-state index contributed by atoms with van der Waals surface area (Å²) in [5.41, 5.74) is 6.10. The number of morpholine rings is 1. The maximum absolute atomic E-state index is 12.9. The maximum Gasteiger partial charge on any atom is 0.294 e. The average molecular weight is 500 g/mol. The lowest BCUT2D eigenvalue weighted by molar-refractivity contribution is -0.384. The molecule has 190 valence electrons. The summed E-state index contributed by atoms with van der Waals surface area (Å²) >= 11 is 0. The molecule has 1 amide bonds. The van der Waals surface area contributed by atoms with Crippen molar-refractivity contribution >= 4 is 29.0 Å². The van der Waals surface area contributed by atoms with E-state index in [2.05, 4.69) is 5.32 Å². The topological polar surface area (TPSA) is 113 Å². The zero-order valence-electron chi connectivity index (χ0n) is 21.4. The van der Waals surface area contributed by atoms with Gasteiger partial charge in [0.25, 0.3) is 11.6 Å². The van der Waals surface area contributed by atoms with Crippen molar-refractivity contribution in [1.82, 2.24) is 4.57 Å². The molecular weight excluding hydrogens is 470 g/mol. The van der Waals surface area contributed by atoms with Crippen molar-refractivity contribution in [2.45, 2.75) is 27.7 Å². The van der Waals surface area contributed by atoms with Gasteiger partial charge in [0.1, 0.15) is 17.3 Å². The van der Waals surface area contributed by atoms with Crippen molar-refractivity contribution in [3.8, 4) is 11.8 Å². The molecule has 1 aliphatic rings. The molecule has 0 saturated carbocycles. The average Bonchev–Trinajstić information content (AvgIpc) is 3.16. The van der Waals surface area contributed by atoms with Crippen LogP contribution in [0.5, 0.6) is 0 Å². The minimum atomic E-state index is -0.496. The minimum Gasteiger partial charge on any atom is -0.378 e. The second kappa shape index (κ2) is 10.7. The van der Waals surface area contributed by atoms with Crippen LogP contribution in [0.1, 0.15) is 28.1 Å². The Bertz CT molecular complexity index is 1440. The normalized spacial score (nSPS) is 13.8. The number of rotatable bonds is 6. The van der Waals surface area contributed by atoms with E-state index in [-0.39, 0.29) is 16.2 Å². The Morgan fingerprint density at radius 3 is 2.49 bits per heavy atom. The highest BCUT2D eigenvalue weighted by molar-refractivity contribution is 6.10. The summed E-state index contributed by atoms with van der Waals surface area (Å²) < 4.78 is 7.27. The molecule has 0 unspecified atom stereocenters. The van der Waals surface area contributed by atoms with Crippen LogP contribution in [0, 0.1) is 49.1 Å². The predicted octanol–water partition coefficient (Wildman–Crippen LogP) is 5.00. The summed E-state index contributed by atoms with van der Waals surface area (Å²) in [6, 6.07) is 14.7. The zero-order valence-corrected chi connectivity index (χ0v) is 21.4. The van der Waals surface area contributed by atoms with Gasteiger partial charge in [-0.2, -0.15) is 5.26 Å². The Kier molecular flexibility index (Phi) is 7.41. The van der Waals surface area contributed by atoms with Gasteiger partial charge in [0.2, 0.25) is 0 Å². The van der Waals surface area contributed by atoms with E-state index in [9.17, 15) is 20.2 Å². The third-order valence-corrected chi connectivity index (χ3v) is 6.53. The Balaban J connectivity index is 1.67. The summed E-state index contributed by atoms with van der Waals surface area (Å²) in [5.74, 6) is -0.496. The van der Waals surface area contributed by atoms with E-state index < -0.39 is 5.91 Å². The number of carbonyl (C=O) groups excluding carboxylic acids is 1. The molecule has 1 saturated heterocycles. The fourth-order valence-electron chi connectivity index (χ4n) is 4.65. The molecular formula is C28H29N5O4. The number of hydrogen-bond donors (Lipinski definition) is 1. The number of anilines is 2. The van der Waals surface area contributed by atoms with Crippen molar-refractivity contribution in [1.29, 1.82) is 5.26 Å². The fraction of sp³-hybridized carbons (Fsp3) is 0.286. The Morgan fingerprint density at radius 2 is 1.84 bits per heavy atom. The van der Waals surface area contributed by atoms with Gasteiger partial charge in [-0.25, -0.2) is 0 Å². The predicted molar refractivity (Wildman–Crippen MR) is 143 cm³/mol. The molecule has 0 bridgehead atoms. The first kappa shape index (κ1) is 25.7. The molecule has 1 fully saturated rings. The molecule has 37 heavy (non-hydrogen) atoms. The minimum absolute atomic E-state index is 0.0227. The van der Waals surface area contributed by atoms with Crippen molar-refractivity contribution in [2.75, 3.05) is 36.5 Å². The number of nitrogens with one attached hydrogen (secondary N) is 1. The summed E-state index contributed by atoms with van der Waals surface area (Å²) in [5, 5.41) is 24.4. The molecule has 1 aromatic heterocycles. The van der Waals surface area contributed by atoms with Gasteiger partial charge in [0.05, 0.1) is 23.8 Å². The Hall–Kier alpha value is -4.42. The SMILES string of the molecule is Cc1ccc(NC(=O)/C(C#N)=C\c2cc(C)n(-c3ccc(N4CCOCC4)c([N+](=O)[O-])c3)c2C)c(C)c1. The van der Waals surface area contributed by atoms with E-state index in [0.29, 0.717) is 48.9 Å². The Labute approximate surface area is 215 Å². The first-order valence-electron chi connectivity index (χ1n) is 12.0. The van der Waals surface area contributed by atoms with Gasteiger partial charge < -0.3 is 19.5 Å². The number of aromatic nitrogens is 1. The lowest BCUT2D eigenvalue weighted by atomic mass is 10.1. The number of ether oxygens (including phenoxy) is 1. The lowest BCUT2D eigenvalue weighted by Gasteiger charge is -2.28. The third kappa shape index (κ3) is 5.39. The maximum atomic E-state index is 12.9. The highest BCUT2D eigenvalue weighted by atomic mass is 16.6. The van der Waals surface area contributed by atoms with Crippen LogP contribution in [0.25, 0.3) is 11.8 Å². The van der Waals surface area contributed by atoms with Crippen LogP contribution >= 0.6 is 0 Å². The van der Waals surface area contributed by atoms with E-state index in [1.54, 1.807) is 18.2 Å². The molecule has 1 aliphatic heterocycles. The molecule has 3 aromatic rings. The highest BCUT2D eigenvalue weighted by Crippen LogP contribution is 2.33. The number of aryl methyl sites for hydroxylation is 3.